The summed E-state index contributed by atoms with van der Waals surface area (Å²) in [6, 6.07) is 11.0. The normalized spacial score (nSPS) is 10.2. The molecule has 1 heterocycles. The highest BCUT2D eigenvalue weighted by Gasteiger charge is 2.08. The predicted octanol–water partition coefficient (Wildman–Crippen LogP) is 1.36. The number of carbonyl (C=O) groups excluding carboxylic acids is 2. The quantitative estimate of drug-likeness (QED) is 0.830. The summed E-state index contributed by atoms with van der Waals surface area (Å²) in [6.45, 7) is 0. The molecular formula is C13H13N3O2S. The average molecular weight is 275 g/mol. The Balaban J connectivity index is 2.07. The summed E-state index contributed by atoms with van der Waals surface area (Å²) in [6.07, 6.45) is 1.81. The minimum Gasteiger partial charge on any atom is -0.272 e. The van der Waals surface area contributed by atoms with Crippen molar-refractivity contribution in [1.29, 1.82) is 0 Å². The van der Waals surface area contributed by atoms with Gasteiger partial charge in [0.25, 0.3) is 5.91 Å². The monoisotopic (exact) mass is 275 g/mol. The first-order chi connectivity index (χ1) is 9.20. The van der Waals surface area contributed by atoms with E-state index in [4.69, 9.17) is 0 Å². The molecule has 0 atom stereocenters. The van der Waals surface area contributed by atoms with Gasteiger partial charge in [-0.2, -0.15) is 11.8 Å². The lowest BCUT2D eigenvalue weighted by atomic mass is 10.2. The zero-order chi connectivity index (χ0) is 13.7. The van der Waals surface area contributed by atoms with E-state index in [1.807, 2.05) is 36.6 Å². The molecule has 2 rings (SSSR count). The van der Waals surface area contributed by atoms with Crippen LogP contribution in [0.15, 0.2) is 36.4 Å². The van der Waals surface area contributed by atoms with Gasteiger partial charge in [0.1, 0.15) is 5.69 Å². The molecule has 1 aromatic carbocycles. The van der Waals surface area contributed by atoms with E-state index in [-0.39, 0.29) is 11.6 Å². The van der Waals surface area contributed by atoms with Crippen LogP contribution in [0.4, 0.5) is 0 Å². The van der Waals surface area contributed by atoms with E-state index >= 15 is 0 Å². The van der Waals surface area contributed by atoms with E-state index in [9.17, 15) is 9.59 Å². The molecule has 5 nitrogen and oxygen atoms in total. The van der Waals surface area contributed by atoms with Crippen LogP contribution in [0.3, 0.4) is 0 Å². The smallest absolute Gasteiger partial charge is 0.272 e. The Kier molecular flexibility index (Phi) is 4.35. The maximum atomic E-state index is 11.8. The van der Waals surface area contributed by atoms with Crippen LogP contribution in [0, 0.1) is 0 Å². The fourth-order valence-corrected chi connectivity index (χ4v) is 1.88. The van der Waals surface area contributed by atoms with Gasteiger partial charge in [-0.3, -0.25) is 20.4 Å². The van der Waals surface area contributed by atoms with Crippen LogP contribution in [0.5, 0.6) is 0 Å². The summed E-state index contributed by atoms with van der Waals surface area (Å²) in [5.41, 5.74) is 5.67. The number of carbonyl (C=O) groups is 2. The highest BCUT2D eigenvalue weighted by Crippen LogP contribution is 2.11. The van der Waals surface area contributed by atoms with E-state index in [0.717, 1.165) is 10.9 Å². The first kappa shape index (κ1) is 13.4. The van der Waals surface area contributed by atoms with Crippen molar-refractivity contribution in [2.45, 2.75) is 0 Å². The average Bonchev–Trinajstić information content (AvgIpc) is 2.44. The Morgan fingerprint density at radius 3 is 2.74 bits per heavy atom. The van der Waals surface area contributed by atoms with Gasteiger partial charge in [-0.05, 0) is 18.4 Å². The summed E-state index contributed by atoms with van der Waals surface area (Å²) in [5.74, 6) is -0.382. The molecule has 0 saturated heterocycles. The van der Waals surface area contributed by atoms with E-state index in [0.29, 0.717) is 5.75 Å². The summed E-state index contributed by atoms with van der Waals surface area (Å²) in [4.78, 5) is 27.3. The largest absolute Gasteiger partial charge is 0.288 e. The number of hydrazine groups is 1. The van der Waals surface area contributed by atoms with Crippen LogP contribution < -0.4 is 10.9 Å². The number of aromatic nitrogens is 1. The third-order valence-corrected chi connectivity index (χ3v) is 2.97. The number of amides is 2. The Morgan fingerprint density at radius 2 is 1.95 bits per heavy atom. The van der Waals surface area contributed by atoms with Gasteiger partial charge in [0.15, 0.2) is 0 Å². The van der Waals surface area contributed by atoms with Crippen LogP contribution >= 0.6 is 11.8 Å². The fraction of sp³-hybridized carbons (Fsp3) is 0.154. The SMILES string of the molecule is CSCC(=O)NNC(=O)c1ccc2ccccc2n1. The van der Waals surface area contributed by atoms with Crippen molar-refractivity contribution in [1.82, 2.24) is 15.8 Å². The molecule has 0 bridgehead atoms. The molecule has 0 aliphatic heterocycles. The molecule has 0 saturated carbocycles. The maximum absolute atomic E-state index is 11.8. The molecule has 1 aromatic heterocycles. The maximum Gasteiger partial charge on any atom is 0.288 e. The molecule has 0 aliphatic rings. The Bertz CT molecular complexity index is 616. The molecule has 2 N–H and O–H groups in total. The van der Waals surface area contributed by atoms with Crippen molar-refractivity contribution in [3.05, 3.63) is 42.1 Å². The first-order valence-electron chi connectivity index (χ1n) is 5.64. The molecule has 6 heteroatoms. The van der Waals surface area contributed by atoms with Crippen molar-refractivity contribution >= 4 is 34.5 Å². The highest BCUT2D eigenvalue weighted by atomic mass is 32.2. The zero-order valence-electron chi connectivity index (χ0n) is 10.3. The number of nitrogens with zero attached hydrogens (tertiary/aromatic N) is 1. The number of hydrogen-bond acceptors (Lipinski definition) is 4. The lowest BCUT2D eigenvalue weighted by Gasteiger charge is -2.06. The van der Waals surface area contributed by atoms with Crippen molar-refractivity contribution in [3.63, 3.8) is 0 Å². The van der Waals surface area contributed by atoms with Gasteiger partial charge in [-0.25, -0.2) is 4.98 Å². The van der Waals surface area contributed by atoms with Gasteiger partial charge in [-0.15, -0.1) is 0 Å². The van der Waals surface area contributed by atoms with Crippen LogP contribution in [0.25, 0.3) is 10.9 Å². The molecular weight excluding hydrogens is 262 g/mol. The molecule has 0 unspecified atom stereocenters. The van der Waals surface area contributed by atoms with Gasteiger partial charge in [-0.1, -0.05) is 24.3 Å². The van der Waals surface area contributed by atoms with Crippen molar-refractivity contribution in [3.8, 4) is 0 Å². The van der Waals surface area contributed by atoms with E-state index in [1.54, 1.807) is 6.07 Å². The topological polar surface area (TPSA) is 71.1 Å². The van der Waals surface area contributed by atoms with Crippen LogP contribution in [0.1, 0.15) is 10.5 Å². The van der Waals surface area contributed by atoms with Gasteiger partial charge in [0.2, 0.25) is 5.91 Å². The molecule has 2 aromatic rings. The summed E-state index contributed by atoms with van der Waals surface area (Å²) < 4.78 is 0. The Morgan fingerprint density at radius 1 is 1.16 bits per heavy atom. The number of pyridine rings is 1. The number of benzene rings is 1. The van der Waals surface area contributed by atoms with E-state index in [2.05, 4.69) is 15.8 Å². The Labute approximate surface area is 114 Å². The standard InChI is InChI=1S/C13H13N3O2S/c1-19-8-12(17)15-16-13(18)11-7-6-9-4-2-3-5-10(9)14-11/h2-7H,8H2,1H3,(H,15,17)(H,16,18). The second-order valence-corrected chi connectivity index (χ2v) is 4.69. The molecule has 0 spiro atoms. The van der Waals surface area contributed by atoms with Gasteiger partial charge >= 0.3 is 0 Å². The van der Waals surface area contributed by atoms with Crippen molar-refractivity contribution < 1.29 is 9.59 Å². The van der Waals surface area contributed by atoms with E-state index < -0.39 is 5.91 Å². The summed E-state index contributed by atoms with van der Waals surface area (Å²) >= 11 is 1.38. The minimum absolute atomic E-state index is 0.248. The first-order valence-corrected chi connectivity index (χ1v) is 7.04. The Hall–Kier alpha value is -2.08. The van der Waals surface area contributed by atoms with Crippen molar-refractivity contribution in [2.24, 2.45) is 0 Å². The second-order valence-electron chi connectivity index (χ2n) is 3.82. The second kappa shape index (κ2) is 6.19. The number of thioether (sulfide) groups is 1. The zero-order valence-corrected chi connectivity index (χ0v) is 11.2. The third-order valence-electron chi connectivity index (χ3n) is 2.42. The van der Waals surface area contributed by atoms with Crippen molar-refractivity contribution in [2.75, 3.05) is 12.0 Å². The fourth-order valence-electron chi connectivity index (χ4n) is 1.55. The van der Waals surface area contributed by atoms with E-state index in [1.165, 1.54) is 11.8 Å². The lowest BCUT2D eigenvalue weighted by molar-refractivity contribution is -0.119. The van der Waals surface area contributed by atoms with Gasteiger partial charge in [0, 0.05) is 5.39 Å². The summed E-state index contributed by atoms with van der Waals surface area (Å²) in [5, 5.41) is 0.963. The van der Waals surface area contributed by atoms with Crippen LogP contribution in [-0.4, -0.2) is 28.8 Å². The molecule has 2 amide bonds. The number of rotatable bonds is 3. The number of hydrogen-bond donors (Lipinski definition) is 2. The van der Waals surface area contributed by atoms with Crippen LogP contribution in [-0.2, 0) is 4.79 Å². The summed E-state index contributed by atoms with van der Waals surface area (Å²) in [7, 11) is 0. The third kappa shape index (κ3) is 3.45. The van der Waals surface area contributed by atoms with Gasteiger partial charge in [0.05, 0.1) is 11.3 Å². The van der Waals surface area contributed by atoms with Gasteiger partial charge < -0.3 is 0 Å². The number of para-hydroxylation sites is 1. The molecule has 0 aliphatic carbocycles. The number of nitrogens with one attached hydrogen (secondary N) is 2. The molecule has 98 valence electrons. The lowest BCUT2D eigenvalue weighted by Crippen LogP contribution is -2.42. The minimum atomic E-state index is -0.430. The molecule has 0 radical (unpaired) electrons. The molecule has 19 heavy (non-hydrogen) atoms. The molecule has 0 fully saturated rings. The number of fused-ring (bicyclic) bond motifs is 1. The predicted molar refractivity (Wildman–Crippen MR) is 75.7 cm³/mol. The van der Waals surface area contributed by atoms with Crippen LogP contribution in [0.2, 0.25) is 0 Å². The highest BCUT2D eigenvalue weighted by molar-refractivity contribution is 7.99.